The number of carbonyl (C=O) groups is 2. The third kappa shape index (κ3) is 6.00. The van der Waals surface area contributed by atoms with E-state index in [1.807, 2.05) is 9.80 Å². The number of amides is 1. The number of nitrogens with zero attached hydrogens (tertiary/aromatic N) is 2. The minimum absolute atomic E-state index is 0.0885. The highest BCUT2D eigenvalue weighted by atomic mass is 35.5. The van der Waals surface area contributed by atoms with E-state index in [9.17, 15) is 22.8 Å². The van der Waals surface area contributed by atoms with E-state index in [1.165, 1.54) is 24.5 Å². The zero-order valence-corrected chi connectivity index (χ0v) is 20.8. The number of rotatable bonds is 6. The molecule has 11 heteroatoms. The number of piperazine rings is 1. The van der Waals surface area contributed by atoms with Gasteiger partial charge in [0.05, 0.1) is 19.2 Å². The molecular formula is C25H23ClF3N3O3S. The molecule has 4 rings (SSSR count). The lowest BCUT2D eigenvalue weighted by Gasteiger charge is -2.36. The van der Waals surface area contributed by atoms with Crippen LogP contribution < -0.4 is 10.2 Å². The van der Waals surface area contributed by atoms with Crippen LogP contribution in [0, 0.1) is 0 Å². The second-order valence-electron chi connectivity index (χ2n) is 8.21. The molecule has 1 saturated heterocycles. The Morgan fingerprint density at radius 3 is 2.42 bits per heavy atom. The number of benzene rings is 2. The van der Waals surface area contributed by atoms with Gasteiger partial charge in [0, 0.05) is 47.8 Å². The Balaban J connectivity index is 1.39. The number of anilines is 2. The standard InChI is InChI=1S/C25H23ClF3N3O3S/c1-35-24(34)22-20(16-5-7-18(26)8-6-16)15-36-23(22)30-21(33)14-31-9-11-32(12-10-31)19-4-2-3-17(13-19)25(27,28)29/h2-8,13,15H,9-12,14H2,1H3,(H,30,33). The lowest BCUT2D eigenvalue weighted by atomic mass is 10.0. The molecule has 36 heavy (non-hydrogen) atoms. The van der Waals surface area contributed by atoms with Crippen molar-refractivity contribution in [2.24, 2.45) is 0 Å². The fraction of sp³-hybridized carbons (Fsp3) is 0.280. The van der Waals surface area contributed by atoms with Gasteiger partial charge in [-0.05, 0) is 35.9 Å². The Kier molecular flexibility index (Phi) is 7.87. The number of ether oxygens (including phenoxy) is 1. The minimum Gasteiger partial charge on any atom is -0.465 e. The lowest BCUT2D eigenvalue weighted by molar-refractivity contribution is -0.137. The predicted molar refractivity (Wildman–Crippen MR) is 135 cm³/mol. The second-order valence-corrected chi connectivity index (χ2v) is 9.53. The molecule has 1 amide bonds. The minimum atomic E-state index is -4.39. The van der Waals surface area contributed by atoms with Crippen LogP contribution in [0.5, 0.6) is 0 Å². The first-order chi connectivity index (χ1) is 17.2. The highest BCUT2D eigenvalue weighted by molar-refractivity contribution is 7.15. The molecule has 1 aliphatic rings. The van der Waals surface area contributed by atoms with Gasteiger partial charge in [0.15, 0.2) is 0 Å². The fourth-order valence-corrected chi connectivity index (χ4v) is 5.11. The van der Waals surface area contributed by atoms with Crippen molar-refractivity contribution in [3.05, 3.63) is 70.1 Å². The molecule has 2 aromatic carbocycles. The van der Waals surface area contributed by atoms with E-state index in [1.54, 1.807) is 35.7 Å². The maximum absolute atomic E-state index is 13.0. The van der Waals surface area contributed by atoms with E-state index >= 15 is 0 Å². The molecule has 0 spiro atoms. The zero-order valence-electron chi connectivity index (χ0n) is 19.3. The Morgan fingerprint density at radius 2 is 1.78 bits per heavy atom. The number of methoxy groups -OCH3 is 1. The summed E-state index contributed by atoms with van der Waals surface area (Å²) < 4.78 is 44.0. The van der Waals surface area contributed by atoms with Crippen LogP contribution in [0.1, 0.15) is 15.9 Å². The third-order valence-corrected chi connectivity index (χ3v) is 7.01. The van der Waals surface area contributed by atoms with Crippen molar-refractivity contribution < 1.29 is 27.5 Å². The Morgan fingerprint density at radius 1 is 1.08 bits per heavy atom. The van der Waals surface area contributed by atoms with Gasteiger partial charge in [-0.1, -0.05) is 29.8 Å². The number of carbonyl (C=O) groups excluding carboxylic acids is 2. The molecule has 0 aliphatic carbocycles. The SMILES string of the molecule is COC(=O)c1c(-c2ccc(Cl)cc2)csc1NC(=O)CN1CCN(c2cccc(C(F)(F)F)c2)CC1. The number of alkyl halides is 3. The Hall–Kier alpha value is -3.08. The van der Waals surface area contributed by atoms with Crippen LogP contribution >= 0.6 is 22.9 Å². The molecule has 2 heterocycles. The first-order valence-corrected chi connectivity index (χ1v) is 12.3. The van der Waals surface area contributed by atoms with Gasteiger partial charge in [0.1, 0.15) is 10.6 Å². The van der Waals surface area contributed by atoms with Gasteiger partial charge in [-0.2, -0.15) is 13.2 Å². The van der Waals surface area contributed by atoms with Gasteiger partial charge < -0.3 is 15.0 Å². The first kappa shape index (κ1) is 26.0. The molecule has 1 fully saturated rings. The van der Waals surface area contributed by atoms with Crippen molar-refractivity contribution in [2.75, 3.05) is 50.1 Å². The van der Waals surface area contributed by atoms with E-state index < -0.39 is 17.7 Å². The topological polar surface area (TPSA) is 61.9 Å². The molecule has 0 bridgehead atoms. The zero-order chi connectivity index (χ0) is 25.9. The molecule has 0 unspecified atom stereocenters. The van der Waals surface area contributed by atoms with Crippen LogP contribution in [0.25, 0.3) is 11.1 Å². The number of halogens is 4. The Bertz CT molecular complexity index is 1240. The average molecular weight is 538 g/mol. The summed E-state index contributed by atoms with van der Waals surface area (Å²) >= 11 is 7.19. The number of nitrogens with one attached hydrogen (secondary N) is 1. The van der Waals surface area contributed by atoms with Crippen LogP contribution in [0.2, 0.25) is 5.02 Å². The Labute approximate surface area is 215 Å². The van der Waals surface area contributed by atoms with Crippen molar-refractivity contribution in [2.45, 2.75) is 6.18 Å². The monoisotopic (exact) mass is 537 g/mol. The molecule has 1 N–H and O–H groups in total. The predicted octanol–water partition coefficient (Wildman–Crippen LogP) is 5.63. The van der Waals surface area contributed by atoms with E-state index in [2.05, 4.69) is 5.32 Å². The van der Waals surface area contributed by atoms with E-state index in [4.69, 9.17) is 16.3 Å². The molecule has 0 saturated carbocycles. The van der Waals surface area contributed by atoms with Crippen LogP contribution in [0.4, 0.5) is 23.9 Å². The first-order valence-electron chi connectivity index (χ1n) is 11.1. The molecule has 190 valence electrons. The summed E-state index contributed by atoms with van der Waals surface area (Å²) in [5.41, 5.74) is 1.49. The normalized spacial score (nSPS) is 14.5. The summed E-state index contributed by atoms with van der Waals surface area (Å²) in [6, 6.07) is 12.2. The van der Waals surface area contributed by atoms with Gasteiger partial charge in [0.25, 0.3) is 0 Å². The van der Waals surface area contributed by atoms with Crippen molar-refractivity contribution in [1.29, 1.82) is 0 Å². The molecule has 1 aliphatic heterocycles. The number of esters is 1. The maximum Gasteiger partial charge on any atom is 0.416 e. The molecule has 3 aromatic rings. The summed E-state index contributed by atoms with van der Waals surface area (Å²) in [5.74, 6) is -0.858. The van der Waals surface area contributed by atoms with Crippen molar-refractivity contribution in [1.82, 2.24) is 4.90 Å². The average Bonchev–Trinajstić information content (AvgIpc) is 3.27. The highest BCUT2D eigenvalue weighted by Gasteiger charge is 2.31. The van der Waals surface area contributed by atoms with E-state index in [0.29, 0.717) is 47.5 Å². The fourth-order valence-electron chi connectivity index (χ4n) is 4.01. The van der Waals surface area contributed by atoms with Gasteiger partial charge in [-0.3, -0.25) is 9.69 Å². The van der Waals surface area contributed by atoms with Crippen LogP contribution in [0.15, 0.2) is 53.9 Å². The van der Waals surface area contributed by atoms with Gasteiger partial charge in [0.2, 0.25) is 5.91 Å². The summed E-state index contributed by atoms with van der Waals surface area (Å²) in [6.07, 6.45) is -4.39. The van der Waals surface area contributed by atoms with Crippen LogP contribution in [-0.4, -0.2) is 56.6 Å². The quantitative estimate of drug-likeness (QED) is 0.413. The molecule has 0 radical (unpaired) electrons. The summed E-state index contributed by atoms with van der Waals surface area (Å²) in [5, 5.41) is 5.54. The highest BCUT2D eigenvalue weighted by Crippen LogP contribution is 2.37. The maximum atomic E-state index is 13.0. The van der Waals surface area contributed by atoms with Crippen molar-refractivity contribution in [3.8, 4) is 11.1 Å². The third-order valence-electron chi connectivity index (χ3n) is 5.87. The summed E-state index contributed by atoms with van der Waals surface area (Å²) in [6.45, 7) is 2.08. The van der Waals surface area contributed by atoms with Crippen LogP contribution in [0.3, 0.4) is 0 Å². The molecular weight excluding hydrogens is 515 g/mol. The van der Waals surface area contributed by atoms with Gasteiger partial charge >= 0.3 is 12.1 Å². The largest absolute Gasteiger partial charge is 0.465 e. The van der Waals surface area contributed by atoms with Crippen LogP contribution in [-0.2, 0) is 15.7 Å². The summed E-state index contributed by atoms with van der Waals surface area (Å²) in [7, 11) is 1.28. The molecule has 6 nitrogen and oxygen atoms in total. The van der Waals surface area contributed by atoms with Crippen molar-refractivity contribution >= 4 is 45.5 Å². The summed E-state index contributed by atoms with van der Waals surface area (Å²) in [4.78, 5) is 29.1. The van der Waals surface area contributed by atoms with E-state index in [-0.39, 0.29) is 18.0 Å². The molecule has 1 aromatic heterocycles. The number of hydrogen-bond acceptors (Lipinski definition) is 6. The smallest absolute Gasteiger partial charge is 0.416 e. The molecule has 0 atom stereocenters. The number of thiophene rings is 1. The lowest BCUT2D eigenvalue weighted by Crippen LogP contribution is -2.48. The van der Waals surface area contributed by atoms with Gasteiger partial charge in [-0.25, -0.2) is 4.79 Å². The second kappa shape index (κ2) is 10.9. The van der Waals surface area contributed by atoms with Crippen molar-refractivity contribution in [3.63, 3.8) is 0 Å². The van der Waals surface area contributed by atoms with Gasteiger partial charge in [-0.15, -0.1) is 11.3 Å². The van der Waals surface area contributed by atoms with E-state index in [0.717, 1.165) is 17.7 Å². The number of hydrogen-bond donors (Lipinski definition) is 1.